The molecule has 0 radical (unpaired) electrons. The number of halogens is 1. The van der Waals surface area contributed by atoms with Gasteiger partial charge in [-0.05, 0) is 40.1 Å². The van der Waals surface area contributed by atoms with Gasteiger partial charge in [0, 0.05) is 17.9 Å². The van der Waals surface area contributed by atoms with E-state index in [1.165, 1.54) is 11.3 Å². The zero-order valence-electron chi connectivity index (χ0n) is 6.94. The lowest BCUT2D eigenvalue weighted by Gasteiger charge is -1.96. The average Bonchev–Trinajstić information content (AvgIpc) is 2.56. The molecular formula is C8H6BIO2S2. The normalized spacial score (nSPS) is 10.9. The number of thiophene rings is 1. The molecule has 72 valence electrons. The molecule has 0 aliphatic rings. The Labute approximate surface area is 105 Å². The van der Waals surface area contributed by atoms with Crippen LogP contribution in [0.2, 0.25) is 0 Å². The van der Waals surface area contributed by atoms with Gasteiger partial charge in [0.15, 0.2) is 0 Å². The van der Waals surface area contributed by atoms with Crippen molar-refractivity contribution < 1.29 is 10.0 Å². The van der Waals surface area contributed by atoms with Gasteiger partial charge in [-0.1, -0.05) is 6.07 Å². The van der Waals surface area contributed by atoms with Crippen LogP contribution in [0.15, 0.2) is 23.1 Å². The SMILES string of the molecule is OB(O)c1cc2ccc(I)c(S)c2s1. The van der Waals surface area contributed by atoms with Gasteiger partial charge in [0.05, 0.1) is 0 Å². The molecule has 1 aromatic carbocycles. The number of hydrogen-bond acceptors (Lipinski definition) is 4. The minimum absolute atomic E-state index is 0.553. The van der Waals surface area contributed by atoms with Gasteiger partial charge < -0.3 is 10.0 Å². The van der Waals surface area contributed by atoms with Gasteiger partial charge in [0.1, 0.15) is 0 Å². The lowest BCUT2D eigenvalue weighted by Crippen LogP contribution is -2.26. The summed E-state index contributed by atoms with van der Waals surface area (Å²) in [5.74, 6) is 0. The Bertz CT molecular complexity index is 483. The Kier molecular flexibility index (Phi) is 3.08. The fraction of sp³-hybridized carbons (Fsp3) is 0. The van der Waals surface area contributed by atoms with Crippen LogP contribution in [0, 0.1) is 3.57 Å². The second-order valence-corrected chi connectivity index (χ2v) is 5.53. The first kappa shape index (κ1) is 10.8. The molecule has 0 aliphatic heterocycles. The largest absolute Gasteiger partial charge is 0.499 e. The van der Waals surface area contributed by atoms with Crippen LogP contribution in [0.25, 0.3) is 10.1 Å². The van der Waals surface area contributed by atoms with Crippen LogP contribution in [0.5, 0.6) is 0 Å². The molecular weight excluding hydrogens is 330 g/mol. The van der Waals surface area contributed by atoms with Crippen LogP contribution < -0.4 is 4.78 Å². The first-order chi connectivity index (χ1) is 6.59. The van der Waals surface area contributed by atoms with Crippen molar-refractivity contribution in [2.75, 3.05) is 0 Å². The molecule has 14 heavy (non-hydrogen) atoms. The van der Waals surface area contributed by atoms with Crippen LogP contribution in [-0.4, -0.2) is 17.2 Å². The molecule has 2 aromatic rings. The molecule has 0 atom stereocenters. The molecule has 0 spiro atoms. The topological polar surface area (TPSA) is 40.5 Å². The third-order valence-electron chi connectivity index (χ3n) is 1.88. The van der Waals surface area contributed by atoms with Gasteiger partial charge in [0.25, 0.3) is 0 Å². The Morgan fingerprint density at radius 3 is 2.71 bits per heavy atom. The van der Waals surface area contributed by atoms with Crippen LogP contribution in [0.4, 0.5) is 0 Å². The van der Waals surface area contributed by atoms with Crippen molar-refractivity contribution in [1.82, 2.24) is 0 Å². The molecule has 0 unspecified atom stereocenters. The zero-order chi connectivity index (χ0) is 10.3. The Balaban J connectivity index is 2.71. The summed E-state index contributed by atoms with van der Waals surface area (Å²) in [7, 11) is -1.39. The van der Waals surface area contributed by atoms with Crippen LogP contribution in [0.1, 0.15) is 0 Å². The summed E-state index contributed by atoms with van der Waals surface area (Å²) in [4.78, 5) is 0.903. The molecule has 1 aromatic heterocycles. The van der Waals surface area contributed by atoms with Gasteiger partial charge in [0.2, 0.25) is 0 Å². The van der Waals surface area contributed by atoms with E-state index in [2.05, 4.69) is 35.2 Å². The Hall–Kier alpha value is 0.245. The highest BCUT2D eigenvalue weighted by molar-refractivity contribution is 14.1. The van der Waals surface area contributed by atoms with Crippen molar-refractivity contribution in [2.45, 2.75) is 4.90 Å². The number of hydrogen-bond donors (Lipinski definition) is 3. The molecule has 2 nitrogen and oxygen atoms in total. The van der Waals surface area contributed by atoms with E-state index < -0.39 is 7.12 Å². The Morgan fingerprint density at radius 1 is 1.36 bits per heavy atom. The van der Waals surface area contributed by atoms with Gasteiger partial charge in [-0.2, -0.15) is 0 Å². The van der Waals surface area contributed by atoms with Gasteiger partial charge in [-0.3, -0.25) is 0 Å². The maximum Gasteiger partial charge on any atom is 0.499 e. The van der Waals surface area contributed by atoms with E-state index in [4.69, 9.17) is 10.0 Å². The third kappa shape index (κ3) is 1.81. The summed E-state index contributed by atoms with van der Waals surface area (Å²) < 4.78 is 2.62. The van der Waals surface area contributed by atoms with E-state index in [-0.39, 0.29) is 0 Å². The monoisotopic (exact) mass is 336 g/mol. The minimum atomic E-state index is -1.39. The number of thiol groups is 1. The van der Waals surface area contributed by atoms with E-state index in [0.717, 1.165) is 18.6 Å². The highest BCUT2D eigenvalue weighted by Gasteiger charge is 2.16. The second-order valence-electron chi connectivity index (χ2n) is 2.84. The van der Waals surface area contributed by atoms with Gasteiger partial charge in [-0.15, -0.1) is 24.0 Å². The predicted octanol–water partition coefficient (Wildman–Crippen LogP) is 1.47. The summed E-state index contributed by atoms with van der Waals surface area (Å²) in [6, 6.07) is 5.70. The lowest BCUT2D eigenvalue weighted by molar-refractivity contribution is 0.427. The highest BCUT2D eigenvalue weighted by Crippen LogP contribution is 2.30. The molecule has 2 rings (SSSR count). The average molecular weight is 336 g/mol. The highest BCUT2D eigenvalue weighted by atomic mass is 127. The van der Waals surface area contributed by atoms with Crippen LogP contribution >= 0.6 is 46.6 Å². The van der Waals surface area contributed by atoms with Crippen molar-refractivity contribution in [3.8, 4) is 0 Å². The van der Waals surface area contributed by atoms with Crippen molar-refractivity contribution in [1.29, 1.82) is 0 Å². The lowest BCUT2D eigenvalue weighted by atomic mass is 9.89. The van der Waals surface area contributed by atoms with Gasteiger partial charge in [-0.25, -0.2) is 0 Å². The summed E-state index contributed by atoms with van der Waals surface area (Å²) in [6.45, 7) is 0. The fourth-order valence-electron chi connectivity index (χ4n) is 1.21. The maximum atomic E-state index is 9.02. The zero-order valence-corrected chi connectivity index (χ0v) is 10.8. The molecule has 6 heteroatoms. The smallest absolute Gasteiger partial charge is 0.423 e. The van der Waals surface area contributed by atoms with E-state index in [0.29, 0.717) is 4.78 Å². The van der Waals surface area contributed by atoms with Crippen LogP contribution in [-0.2, 0) is 0 Å². The summed E-state index contributed by atoms with van der Waals surface area (Å²) in [6.07, 6.45) is 0. The first-order valence-electron chi connectivity index (χ1n) is 3.86. The first-order valence-corrected chi connectivity index (χ1v) is 6.21. The molecule has 0 fully saturated rings. The number of fused-ring (bicyclic) bond motifs is 1. The molecule has 2 N–H and O–H groups in total. The molecule has 0 amide bonds. The van der Waals surface area contributed by atoms with Crippen LogP contribution in [0.3, 0.4) is 0 Å². The standard InChI is InChI=1S/C8H6BIO2S2/c10-5-2-1-4-3-6(9(11)12)14-8(4)7(5)13/h1-3,11-13H. The van der Waals surface area contributed by atoms with E-state index in [1.54, 1.807) is 6.07 Å². The molecule has 1 heterocycles. The van der Waals surface area contributed by atoms with Crippen molar-refractivity contribution in [3.05, 3.63) is 21.8 Å². The fourth-order valence-corrected chi connectivity index (χ4v) is 3.16. The van der Waals surface area contributed by atoms with Crippen molar-refractivity contribution in [2.24, 2.45) is 0 Å². The quantitative estimate of drug-likeness (QED) is 0.419. The molecule has 0 bridgehead atoms. The number of rotatable bonds is 1. The minimum Gasteiger partial charge on any atom is -0.423 e. The maximum absolute atomic E-state index is 9.02. The predicted molar refractivity (Wildman–Crippen MR) is 71.6 cm³/mol. The third-order valence-corrected chi connectivity index (χ3v) is 5.03. The summed E-state index contributed by atoms with van der Waals surface area (Å²) >= 11 is 7.95. The van der Waals surface area contributed by atoms with E-state index in [9.17, 15) is 0 Å². The molecule has 0 aliphatic carbocycles. The second kappa shape index (κ2) is 4.01. The number of benzene rings is 1. The Morgan fingerprint density at radius 2 is 2.07 bits per heavy atom. The van der Waals surface area contributed by atoms with Gasteiger partial charge >= 0.3 is 7.12 Å². The van der Waals surface area contributed by atoms with E-state index >= 15 is 0 Å². The van der Waals surface area contributed by atoms with Crippen molar-refractivity contribution in [3.63, 3.8) is 0 Å². The van der Waals surface area contributed by atoms with E-state index in [1.807, 2.05) is 12.1 Å². The molecule has 0 saturated carbocycles. The summed E-state index contributed by atoms with van der Waals surface area (Å²) in [5, 5.41) is 19.1. The van der Waals surface area contributed by atoms with Crippen molar-refractivity contribution >= 4 is 68.5 Å². The molecule has 0 saturated heterocycles. The summed E-state index contributed by atoms with van der Waals surface area (Å²) in [5.41, 5.74) is 0.